The van der Waals surface area contributed by atoms with E-state index in [-0.39, 0.29) is 0 Å². The molecule has 1 aromatic heterocycles. The maximum Gasteiger partial charge on any atom is 0.231 e. The van der Waals surface area contributed by atoms with Crippen molar-refractivity contribution in [2.45, 2.75) is 39.5 Å². The third-order valence-corrected chi connectivity index (χ3v) is 4.31. The summed E-state index contributed by atoms with van der Waals surface area (Å²) in [6.07, 6.45) is 4.15. The molecule has 1 unspecified atom stereocenters. The average Bonchev–Trinajstić information content (AvgIpc) is 2.91. The summed E-state index contributed by atoms with van der Waals surface area (Å²) in [6, 6.07) is 6.48. The van der Waals surface area contributed by atoms with E-state index in [0.717, 1.165) is 37.6 Å². The number of aromatic nitrogens is 2. The summed E-state index contributed by atoms with van der Waals surface area (Å²) >= 11 is 0. The van der Waals surface area contributed by atoms with Gasteiger partial charge in [-0.15, -0.1) is 0 Å². The SMILES string of the molecule is Cc1ccc(Cc2nc(CC3CCCNC3)no2)cc1C. The lowest BCUT2D eigenvalue weighted by molar-refractivity contribution is 0.351. The van der Waals surface area contributed by atoms with Crippen molar-refractivity contribution < 1.29 is 4.52 Å². The van der Waals surface area contributed by atoms with Crippen molar-refractivity contribution >= 4 is 0 Å². The van der Waals surface area contributed by atoms with Gasteiger partial charge in [0.15, 0.2) is 5.82 Å². The molecule has 1 aromatic carbocycles. The van der Waals surface area contributed by atoms with Crippen LogP contribution in [0.4, 0.5) is 0 Å². The molecular weight excluding hydrogens is 262 g/mol. The van der Waals surface area contributed by atoms with Crippen LogP contribution in [0.3, 0.4) is 0 Å². The van der Waals surface area contributed by atoms with Gasteiger partial charge in [-0.05, 0) is 62.4 Å². The number of hydrogen-bond donors (Lipinski definition) is 1. The summed E-state index contributed by atoms with van der Waals surface area (Å²) in [4.78, 5) is 4.55. The van der Waals surface area contributed by atoms with Crippen LogP contribution in [0, 0.1) is 19.8 Å². The fourth-order valence-corrected chi connectivity index (χ4v) is 2.89. The first-order chi connectivity index (χ1) is 10.2. The summed E-state index contributed by atoms with van der Waals surface area (Å²) in [5, 5.41) is 7.56. The zero-order valence-electron chi connectivity index (χ0n) is 12.9. The Hall–Kier alpha value is -1.68. The van der Waals surface area contributed by atoms with Gasteiger partial charge in [-0.25, -0.2) is 0 Å². The van der Waals surface area contributed by atoms with Crippen LogP contribution >= 0.6 is 0 Å². The topological polar surface area (TPSA) is 51.0 Å². The summed E-state index contributed by atoms with van der Waals surface area (Å²) in [7, 11) is 0. The molecule has 1 N–H and O–H groups in total. The van der Waals surface area contributed by atoms with E-state index in [1.54, 1.807) is 0 Å². The Bertz CT molecular complexity index is 600. The minimum Gasteiger partial charge on any atom is -0.339 e. The number of nitrogens with one attached hydrogen (secondary N) is 1. The van der Waals surface area contributed by atoms with E-state index in [0.29, 0.717) is 5.92 Å². The summed E-state index contributed by atoms with van der Waals surface area (Å²) in [5.41, 5.74) is 3.85. The lowest BCUT2D eigenvalue weighted by atomic mass is 9.96. The molecule has 0 spiro atoms. The first kappa shape index (κ1) is 14.3. The Morgan fingerprint density at radius 3 is 2.95 bits per heavy atom. The predicted octanol–water partition coefficient (Wildman–Crippen LogP) is 2.82. The highest BCUT2D eigenvalue weighted by Crippen LogP contribution is 2.16. The highest BCUT2D eigenvalue weighted by Gasteiger charge is 2.17. The first-order valence-electron chi connectivity index (χ1n) is 7.79. The van der Waals surface area contributed by atoms with Gasteiger partial charge in [0.05, 0.1) is 6.42 Å². The molecule has 1 atom stereocenters. The maximum atomic E-state index is 5.40. The van der Waals surface area contributed by atoms with Crippen LogP contribution in [0.5, 0.6) is 0 Å². The number of benzene rings is 1. The van der Waals surface area contributed by atoms with Gasteiger partial charge in [0.25, 0.3) is 0 Å². The van der Waals surface area contributed by atoms with Crippen molar-refractivity contribution in [3.05, 3.63) is 46.6 Å². The molecule has 1 fully saturated rings. The summed E-state index contributed by atoms with van der Waals surface area (Å²) < 4.78 is 5.40. The number of nitrogens with zero attached hydrogens (tertiary/aromatic N) is 2. The maximum absolute atomic E-state index is 5.40. The molecule has 1 aliphatic rings. The standard InChI is InChI=1S/C17H23N3O/c1-12-5-6-14(8-13(12)2)10-17-19-16(20-21-17)9-15-4-3-7-18-11-15/h5-6,8,15,18H,3-4,7,9-11H2,1-2H3. The molecule has 4 nitrogen and oxygen atoms in total. The molecule has 0 amide bonds. The van der Waals surface area contributed by atoms with Gasteiger partial charge in [-0.3, -0.25) is 0 Å². The van der Waals surface area contributed by atoms with E-state index in [1.165, 1.54) is 29.5 Å². The summed E-state index contributed by atoms with van der Waals surface area (Å²) in [5.74, 6) is 2.21. The highest BCUT2D eigenvalue weighted by molar-refractivity contribution is 5.31. The Morgan fingerprint density at radius 1 is 1.29 bits per heavy atom. The second-order valence-electron chi connectivity index (χ2n) is 6.12. The molecule has 0 bridgehead atoms. The van der Waals surface area contributed by atoms with E-state index < -0.39 is 0 Å². The largest absolute Gasteiger partial charge is 0.339 e. The van der Waals surface area contributed by atoms with Crippen molar-refractivity contribution in [1.29, 1.82) is 0 Å². The lowest BCUT2D eigenvalue weighted by Crippen LogP contribution is -2.31. The molecular formula is C17H23N3O. The van der Waals surface area contributed by atoms with Crippen LogP contribution in [0.25, 0.3) is 0 Å². The van der Waals surface area contributed by atoms with E-state index in [4.69, 9.17) is 4.52 Å². The molecule has 0 aliphatic carbocycles. The Morgan fingerprint density at radius 2 is 2.19 bits per heavy atom. The van der Waals surface area contributed by atoms with Crippen molar-refractivity contribution in [3.63, 3.8) is 0 Å². The smallest absolute Gasteiger partial charge is 0.231 e. The quantitative estimate of drug-likeness (QED) is 0.938. The van der Waals surface area contributed by atoms with Crippen molar-refractivity contribution in [2.24, 2.45) is 5.92 Å². The monoisotopic (exact) mass is 285 g/mol. The molecule has 0 radical (unpaired) electrons. The molecule has 112 valence electrons. The molecule has 4 heteroatoms. The minimum absolute atomic E-state index is 0.644. The average molecular weight is 285 g/mol. The van der Waals surface area contributed by atoms with Gasteiger partial charge < -0.3 is 9.84 Å². The number of aryl methyl sites for hydroxylation is 2. The third kappa shape index (κ3) is 3.70. The van der Waals surface area contributed by atoms with Gasteiger partial charge in [0.2, 0.25) is 5.89 Å². The zero-order valence-corrected chi connectivity index (χ0v) is 12.9. The minimum atomic E-state index is 0.644. The van der Waals surface area contributed by atoms with Gasteiger partial charge in [-0.2, -0.15) is 4.98 Å². The molecule has 2 aromatic rings. The van der Waals surface area contributed by atoms with E-state index in [2.05, 4.69) is 47.5 Å². The lowest BCUT2D eigenvalue weighted by Gasteiger charge is -2.20. The van der Waals surface area contributed by atoms with Crippen molar-refractivity contribution in [2.75, 3.05) is 13.1 Å². The van der Waals surface area contributed by atoms with Gasteiger partial charge >= 0.3 is 0 Å². The molecule has 0 saturated carbocycles. The Balaban J connectivity index is 1.62. The zero-order chi connectivity index (χ0) is 14.7. The molecule has 1 aliphatic heterocycles. The Kier molecular flexibility index (Phi) is 4.34. The van der Waals surface area contributed by atoms with Gasteiger partial charge in [0.1, 0.15) is 0 Å². The van der Waals surface area contributed by atoms with Gasteiger partial charge in [-0.1, -0.05) is 23.4 Å². The van der Waals surface area contributed by atoms with Crippen LogP contribution in [0.15, 0.2) is 22.7 Å². The van der Waals surface area contributed by atoms with Crippen molar-refractivity contribution in [1.82, 2.24) is 15.5 Å². The normalized spacial score (nSPS) is 18.9. The number of piperidine rings is 1. The molecule has 3 rings (SSSR count). The second kappa shape index (κ2) is 6.39. The van der Waals surface area contributed by atoms with Crippen LogP contribution in [-0.4, -0.2) is 23.2 Å². The fourth-order valence-electron chi connectivity index (χ4n) is 2.89. The third-order valence-electron chi connectivity index (χ3n) is 4.31. The van der Waals surface area contributed by atoms with Crippen molar-refractivity contribution in [3.8, 4) is 0 Å². The number of rotatable bonds is 4. The molecule has 21 heavy (non-hydrogen) atoms. The first-order valence-corrected chi connectivity index (χ1v) is 7.79. The summed E-state index contributed by atoms with van der Waals surface area (Å²) in [6.45, 7) is 6.47. The fraction of sp³-hybridized carbons (Fsp3) is 0.529. The van der Waals surface area contributed by atoms with Crippen LogP contribution in [-0.2, 0) is 12.8 Å². The van der Waals surface area contributed by atoms with E-state index in [9.17, 15) is 0 Å². The number of hydrogen-bond acceptors (Lipinski definition) is 4. The highest BCUT2D eigenvalue weighted by atomic mass is 16.5. The van der Waals surface area contributed by atoms with E-state index >= 15 is 0 Å². The molecule has 2 heterocycles. The van der Waals surface area contributed by atoms with Crippen LogP contribution in [0.2, 0.25) is 0 Å². The van der Waals surface area contributed by atoms with Gasteiger partial charge in [0, 0.05) is 6.42 Å². The van der Waals surface area contributed by atoms with Crippen LogP contribution in [0.1, 0.15) is 41.2 Å². The van der Waals surface area contributed by atoms with Crippen LogP contribution < -0.4 is 5.32 Å². The second-order valence-corrected chi connectivity index (χ2v) is 6.12. The molecule has 1 saturated heterocycles. The Labute approximate surface area is 126 Å². The predicted molar refractivity (Wildman–Crippen MR) is 82.3 cm³/mol. The van der Waals surface area contributed by atoms with E-state index in [1.807, 2.05) is 0 Å².